The molecular weight excluding hydrogens is 349 g/mol. The summed E-state index contributed by atoms with van der Waals surface area (Å²) in [7, 11) is 0. The van der Waals surface area contributed by atoms with Crippen LogP contribution in [0.4, 0.5) is 9.18 Å². The Kier molecular flexibility index (Phi) is 3.46. The van der Waals surface area contributed by atoms with Crippen molar-refractivity contribution >= 4 is 17.6 Å². The number of nitrogens with one attached hydrogen (secondary N) is 2. The van der Waals surface area contributed by atoms with Gasteiger partial charge in [0.05, 0.1) is 17.8 Å². The van der Waals surface area contributed by atoms with Gasteiger partial charge in [0.15, 0.2) is 5.65 Å². The van der Waals surface area contributed by atoms with E-state index in [1.165, 1.54) is 5.56 Å². The molecule has 2 N–H and O–H groups in total. The van der Waals surface area contributed by atoms with Gasteiger partial charge < -0.3 is 5.32 Å². The van der Waals surface area contributed by atoms with E-state index in [0.717, 1.165) is 22.7 Å². The highest BCUT2D eigenvalue weighted by molar-refractivity contribution is 6.00. The molecule has 1 aliphatic carbocycles. The molecule has 7 nitrogen and oxygen atoms in total. The Hall–Kier alpha value is -3.29. The van der Waals surface area contributed by atoms with E-state index in [1.54, 1.807) is 0 Å². The van der Waals surface area contributed by atoms with E-state index in [0.29, 0.717) is 17.3 Å². The summed E-state index contributed by atoms with van der Waals surface area (Å²) in [6.07, 6.45) is 2.07. The number of nitrogens with zero attached hydrogens (tertiary/aromatic N) is 3. The summed E-state index contributed by atoms with van der Waals surface area (Å²) in [5.41, 5.74) is 3.00. The molecule has 1 unspecified atom stereocenters. The van der Waals surface area contributed by atoms with Crippen molar-refractivity contribution in [3.63, 3.8) is 0 Å². The molecule has 0 bridgehead atoms. The first-order valence-corrected chi connectivity index (χ1v) is 8.79. The summed E-state index contributed by atoms with van der Waals surface area (Å²) in [6.45, 7) is 0.131. The second kappa shape index (κ2) is 5.87. The summed E-state index contributed by atoms with van der Waals surface area (Å²) in [5.74, 6) is -1.15. The van der Waals surface area contributed by atoms with Gasteiger partial charge in [-0.3, -0.25) is 10.1 Å². The van der Waals surface area contributed by atoms with Gasteiger partial charge >= 0.3 is 6.03 Å². The third-order valence-electron chi connectivity index (χ3n) is 5.27. The van der Waals surface area contributed by atoms with Crippen molar-refractivity contribution in [2.24, 2.45) is 0 Å². The molecule has 8 heteroatoms. The Morgan fingerprint density at radius 2 is 1.96 bits per heavy atom. The molecule has 1 aromatic carbocycles. The summed E-state index contributed by atoms with van der Waals surface area (Å²) in [4.78, 5) is 27.7. The lowest BCUT2D eigenvalue weighted by Gasteiger charge is -2.22. The van der Waals surface area contributed by atoms with Crippen molar-refractivity contribution < 1.29 is 14.0 Å². The van der Waals surface area contributed by atoms with Crippen molar-refractivity contribution in [3.05, 3.63) is 65.4 Å². The maximum absolute atomic E-state index is 14.2. The number of urea groups is 1. The van der Waals surface area contributed by atoms with Crippen molar-refractivity contribution in [2.45, 2.75) is 24.2 Å². The lowest BCUT2D eigenvalue weighted by atomic mass is 9.99. The predicted molar refractivity (Wildman–Crippen MR) is 93.8 cm³/mol. The van der Waals surface area contributed by atoms with E-state index in [2.05, 4.69) is 32.8 Å². The van der Waals surface area contributed by atoms with Gasteiger partial charge in [0.2, 0.25) is 11.9 Å². The Labute approximate surface area is 153 Å². The Morgan fingerprint density at radius 3 is 2.74 bits per heavy atom. The number of rotatable bonds is 3. The second-order valence-corrected chi connectivity index (χ2v) is 6.95. The fourth-order valence-corrected chi connectivity index (χ4v) is 3.81. The van der Waals surface area contributed by atoms with Gasteiger partial charge in [-0.2, -0.15) is 14.0 Å². The third-order valence-corrected chi connectivity index (χ3v) is 5.27. The third kappa shape index (κ3) is 2.64. The number of benzene rings is 1. The van der Waals surface area contributed by atoms with Crippen LogP contribution >= 0.6 is 0 Å². The van der Waals surface area contributed by atoms with E-state index in [-0.39, 0.29) is 12.5 Å². The van der Waals surface area contributed by atoms with Crippen LogP contribution in [0.2, 0.25) is 0 Å². The van der Waals surface area contributed by atoms with Crippen molar-refractivity contribution in [3.8, 4) is 0 Å². The zero-order valence-electron chi connectivity index (χ0n) is 14.2. The highest BCUT2D eigenvalue weighted by atomic mass is 19.1. The number of hydrogen-bond donors (Lipinski definition) is 2. The number of carbonyl (C=O) groups excluding carboxylic acids is 2. The number of hydrogen-bond acceptors (Lipinski definition) is 4. The highest BCUT2D eigenvalue weighted by Gasteiger charge is 2.42. The molecular formula is C19H16FN5O2. The van der Waals surface area contributed by atoms with Gasteiger partial charge in [-0.1, -0.05) is 30.3 Å². The largest absolute Gasteiger partial charge is 0.337 e. The van der Waals surface area contributed by atoms with Crippen LogP contribution in [-0.4, -0.2) is 33.1 Å². The first-order valence-electron chi connectivity index (χ1n) is 8.79. The first kappa shape index (κ1) is 15.9. The number of carbonyl (C=O) groups is 2. The van der Waals surface area contributed by atoms with Crippen LogP contribution in [0.25, 0.3) is 5.65 Å². The minimum Gasteiger partial charge on any atom is -0.337 e. The number of amides is 3. The molecule has 2 aromatic heterocycles. The zero-order valence-corrected chi connectivity index (χ0v) is 14.2. The van der Waals surface area contributed by atoms with Gasteiger partial charge in [-0.05, 0) is 29.9 Å². The fourth-order valence-electron chi connectivity index (χ4n) is 3.81. The number of halogens is 1. The lowest BCUT2D eigenvalue weighted by molar-refractivity contribution is -0.122. The maximum atomic E-state index is 14.2. The number of aromatic nitrogens is 3. The van der Waals surface area contributed by atoms with E-state index in [4.69, 9.17) is 0 Å². The molecule has 27 heavy (non-hydrogen) atoms. The number of imidazole rings is 1. The van der Waals surface area contributed by atoms with Crippen LogP contribution in [0.15, 0.2) is 42.6 Å². The van der Waals surface area contributed by atoms with E-state index in [9.17, 15) is 14.0 Å². The number of fused-ring (bicyclic) bond motifs is 1. The van der Waals surface area contributed by atoms with Crippen LogP contribution in [0, 0.1) is 5.95 Å². The molecule has 2 aliphatic rings. The molecule has 3 aromatic rings. The molecule has 0 radical (unpaired) electrons. The predicted octanol–water partition coefficient (Wildman–Crippen LogP) is 2.06. The van der Waals surface area contributed by atoms with Crippen LogP contribution in [0.3, 0.4) is 0 Å². The van der Waals surface area contributed by atoms with Crippen molar-refractivity contribution in [2.75, 3.05) is 6.54 Å². The van der Waals surface area contributed by atoms with E-state index in [1.807, 2.05) is 24.3 Å². The van der Waals surface area contributed by atoms with Crippen LogP contribution in [-0.2, 0) is 4.79 Å². The lowest BCUT2D eigenvalue weighted by Crippen LogP contribution is -2.51. The monoisotopic (exact) mass is 365 g/mol. The molecule has 0 spiro atoms. The normalized spacial score (nSPS) is 24.6. The minimum atomic E-state index is -0.665. The molecule has 5 rings (SSSR count). The SMILES string of the molecule is O=C1NCC(c2cc([C@H]3C[C@@H]3c3ccccc3)c3ncc(F)n3n2)C(=O)N1. The minimum absolute atomic E-state index is 0.131. The fraction of sp³-hybridized carbons (Fsp3) is 0.263. The highest BCUT2D eigenvalue weighted by Crippen LogP contribution is 2.55. The summed E-state index contributed by atoms with van der Waals surface area (Å²) < 4.78 is 15.4. The quantitative estimate of drug-likeness (QED) is 0.744. The molecule has 1 saturated heterocycles. The van der Waals surface area contributed by atoms with Crippen LogP contribution in [0.5, 0.6) is 0 Å². The van der Waals surface area contributed by atoms with Gasteiger partial charge in [-0.15, -0.1) is 0 Å². The van der Waals surface area contributed by atoms with E-state index < -0.39 is 23.8 Å². The second-order valence-electron chi connectivity index (χ2n) is 6.95. The zero-order chi connectivity index (χ0) is 18.5. The first-order chi connectivity index (χ1) is 13.1. The standard InChI is InChI=1S/C19H16FN5O2/c20-16-9-21-17-13(12-6-11(12)10-4-2-1-3-5-10)7-15(24-25(16)17)14-8-22-19(27)23-18(14)26/h1-5,7,9,11-12,14H,6,8H2,(H2,22,23,26,27)/t11-,12+,14?/m1/s1. The molecule has 1 saturated carbocycles. The topological polar surface area (TPSA) is 88.4 Å². The molecule has 2 fully saturated rings. The molecule has 3 atom stereocenters. The van der Waals surface area contributed by atoms with Gasteiger partial charge in [-0.25, -0.2) is 9.78 Å². The molecule has 136 valence electrons. The van der Waals surface area contributed by atoms with Gasteiger partial charge in [0, 0.05) is 12.1 Å². The van der Waals surface area contributed by atoms with Gasteiger partial charge in [0.1, 0.15) is 0 Å². The van der Waals surface area contributed by atoms with E-state index >= 15 is 0 Å². The smallest absolute Gasteiger partial charge is 0.321 e. The Morgan fingerprint density at radius 1 is 1.15 bits per heavy atom. The number of imide groups is 1. The molecule has 3 heterocycles. The summed E-state index contributed by atoms with van der Waals surface area (Å²) >= 11 is 0. The van der Waals surface area contributed by atoms with Crippen molar-refractivity contribution in [1.29, 1.82) is 0 Å². The Bertz CT molecular complexity index is 1060. The Balaban J connectivity index is 1.56. The summed E-state index contributed by atoms with van der Waals surface area (Å²) in [6, 6.07) is 11.4. The summed E-state index contributed by atoms with van der Waals surface area (Å²) in [5, 5.41) is 9.09. The maximum Gasteiger partial charge on any atom is 0.321 e. The van der Waals surface area contributed by atoms with Crippen molar-refractivity contribution in [1.82, 2.24) is 25.2 Å². The average molecular weight is 365 g/mol. The van der Waals surface area contributed by atoms with Gasteiger partial charge in [0.25, 0.3) is 0 Å². The van der Waals surface area contributed by atoms with Crippen LogP contribution in [0.1, 0.15) is 41.0 Å². The molecule has 3 amide bonds. The van der Waals surface area contributed by atoms with Crippen LogP contribution < -0.4 is 10.6 Å². The molecule has 1 aliphatic heterocycles. The average Bonchev–Trinajstić information content (AvgIpc) is 3.39.